The van der Waals surface area contributed by atoms with Crippen molar-refractivity contribution in [3.8, 4) is 16.3 Å². The van der Waals surface area contributed by atoms with E-state index in [0.717, 1.165) is 46.2 Å². The monoisotopic (exact) mass is 439 g/mol. The van der Waals surface area contributed by atoms with Gasteiger partial charge in [0.15, 0.2) is 10.9 Å². The van der Waals surface area contributed by atoms with Crippen molar-refractivity contribution < 1.29 is 9.26 Å². The van der Waals surface area contributed by atoms with Gasteiger partial charge in [-0.15, -0.1) is 21.5 Å². The van der Waals surface area contributed by atoms with E-state index in [2.05, 4.69) is 56.0 Å². The number of aryl methyl sites for hydroxylation is 1. The van der Waals surface area contributed by atoms with E-state index >= 15 is 0 Å². The Balaban J connectivity index is 1.41. The number of nitrogens with zero attached hydrogens (tertiary/aromatic N) is 5. The first-order chi connectivity index (χ1) is 14.8. The molecular formula is C21H21N5O2S2. The van der Waals surface area contributed by atoms with E-state index in [9.17, 15) is 0 Å². The van der Waals surface area contributed by atoms with Gasteiger partial charge in [0, 0.05) is 24.9 Å². The molecule has 4 heterocycles. The Bertz CT molecular complexity index is 1100. The number of morpholine rings is 1. The fourth-order valence-electron chi connectivity index (χ4n) is 3.30. The van der Waals surface area contributed by atoms with Crippen LogP contribution in [-0.2, 0) is 10.5 Å². The van der Waals surface area contributed by atoms with Crippen LogP contribution in [-0.4, -0.2) is 46.2 Å². The van der Waals surface area contributed by atoms with Crippen LogP contribution in [0.3, 0.4) is 0 Å². The average Bonchev–Trinajstić information content (AvgIpc) is 3.53. The van der Waals surface area contributed by atoms with Crippen LogP contribution < -0.4 is 4.90 Å². The molecule has 7 nitrogen and oxygen atoms in total. The molecule has 5 rings (SSSR count). The first kappa shape index (κ1) is 19.3. The average molecular weight is 440 g/mol. The first-order valence-electron chi connectivity index (χ1n) is 9.75. The first-order valence-corrected chi connectivity index (χ1v) is 11.6. The summed E-state index contributed by atoms with van der Waals surface area (Å²) >= 11 is 3.25. The van der Waals surface area contributed by atoms with E-state index in [1.807, 2.05) is 23.6 Å². The second-order valence-corrected chi connectivity index (χ2v) is 8.89. The molecule has 1 aromatic carbocycles. The van der Waals surface area contributed by atoms with Crippen LogP contribution >= 0.6 is 23.1 Å². The summed E-state index contributed by atoms with van der Waals surface area (Å²) in [6, 6.07) is 14.5. The van der Waals surface area contributed by atoms with Gasteiger partial charge in [-0.1, -0.05) is 40.7 Å². The molecule has 0 spiro atoms. The number of rotatable bonds is 6. The fourth-order valence-corrected chi connectivity index (χ4v) is 4.80. The molecule has 154 valence electrons. The maximum absolute atomic E-state index is 5.51. The van der Waals surface area contributed by atoms with Crippen molar-refractivity contribution in [1.82, 2.24) is 19.9 Å². The van der Waals surface area contributed by atoms with Crippen molar-refractivity contribution in [3.63, 3.8) is 0 Å². The number of hydrogen-bond acceptors (Lipinski definition) is 8. The molecule has 0 atom stereocenters. The lowest BCUT2D eigenvalue weighted by Crippen LogP contribution is -2.37. The Hall–Kier alpha value is -2.62. The van der Waals surface area contributed by atoms with Gasteiger partial charge in [0.25, 0.3) is 0 Å². The number of ether oxygens (including phenoxy) is 1. The molecule has 0 radical (unpaired) electrons. The summed E-state index contributed by atoms with van der Waals surface area (Å²) in [6.45, 7) is 5.11. The Morgan fingerprint density at radius 3 is 2.70 bits per heavy atom. The minimum absolute atomic E-state index is 0.655. The fraction of sp³-hybridized carbons (Fsp3) is 0.286. The lowest BCUT2D eigenvalue weighted by atomic mass is 10.2. The van der Waals surface area contributed by atoms with Crippen molar-refractivity contribution in [3.05, 3.63) is 59.1 Å². The number of hydrogen-bond donors (Lipinski definition) is 0. The van der Waals surface area contributed by atoms with Gasteiger partial charge in [-0.25, -0.2) is 0 Å². The van der Waals surface area contributed by atoms with Crippen molar-refractivity contribution >= 4 is 29.0 Å². The van der Waals surface area contributed by atoms with Crippen LogP contribution in [0.5, 0.6) is 0 Å². The molecule has 0 unspecified atom stereocenters. The van der Waals surface area contributed by atoms with Crippen LogP contribution in [0.25, 0.3) is 16.3 Å². The van der Waals surface area contributed by atoms with Gasteiger partial charge >= 0.3 is 0 Å². The molecule has 0 amide bonds. The Morgan fingerprint density at radius 1 is 1.10 bits per heavy atom. The summed E-state index contributed by atoms with van der Waals surface area (Å²) in [6.07, 6.45) is 0. The lowest BCUT2D eigenvalue weighted by Gasteiger charge is -2.27. The molecule has 9 heteroatoms. The number of anilines is 1. The summed E-state index contributed by atoms with van der Waals surface area (Å²) in [5, 5.41) is 16.1. The topological polar surface area (TPSA) is 69.2 Å². The van der Waals surface area contributed by atoms with Gasteiger partial charge in [-0.05, 0) is 30.5 Å². The SMILES string of the molecule is Cc1ccc(-n2c(SCc3cc(-c4cccs4)on3)nnc2N2CCOCC2)cc1. The summed E-state index contributed by atoms with van der Waals surface area (Å²) in [5.41, 5.74) is 3.15. The molecule has 30 heavy (non-hydrogen) atoms. The zero-order valence-corrected chi connectivity index (χ0v) is 18.2. The maximum Gasteiger partial charge on any atom is 0.232 e. The van der Waals surface area contributed by atoms with Crippen molar-refractivity contribution in [2.45, 2.75) is 17.8 Å². The van der Waals surface area contributed by atoms with Gasteiger partial charge in [-0.3, -0.25) is 4.57 Å². The zero-order valence-electron chi connectivity index (χ0n) is 16.5. The summed E-state index contributed by atoms with van der Waals surface area (Å²) in [4.78, 5) is 3.31. The third-order valence-corrected chi connectivity index (χ3v) is 6.72. The normalized spacial score (nSPS) is 14.4. The van der Waals surface area contributed by atoms with Crippen LogP contribution in [0.1, 0.15) is 11.3 Å². The van der Waals surface area contributed by atoms with E-state index in [4.69, 9.17) is 9.26 Å². The minimum Gasteiger partial charge on any atom is -0.378 e. The highest BCUT2D eigenvalue weighted by molar-refractivity contribution is 7.98. The summed E-state index contributed by atoms with van der Waals surface area (Å²) < 4.78 is 13.1. The van der Waals surface area contributed by atoms with Crippen LogP contribution in [0.4, 0.5) is 5.95 Å². The summed E-state index contributed by atoms with van der Waals surface area (Å²) in [5.74, 6) is 2.31. The van der Waals surface area contributed by atoms with Gasteiger partial charge < -0.3 is 14.2 Å². The third kappa shape index (κ3) is 4.00. The second kappa shape index (κ2) is 8.63. The molecule has 4 aromatic rings. The smallest absolute Gasteiger partial charge is 0.232 e. The summed E-state index contributed by atoms with van der Waals surface area (Å²) in [7, 11) is 0. The van der Waals surface area contributed by atoms with Crippen molar-refractivity contribution in [1.29, 1.82) is 0 Å². The van der Waals surface area contributed by atoms with Gasteiger partial charge in [0.05, 0.1) is 29.5 Å². The standard InChI is InChI=1S/C21H21N5O2S2/c1-15-4-6-17(7-5-15)26-20(25-8-10-27-11-9-25)22-23-21(26)30-14-16-13-18(28-24-16)19-3-2-12-29-19/h2-7,12-13H,8-11,14H2,1H3. The molecule has 0 saturated carbocycles. The van der Waals surface area contributed by atoms with Crippen molar-refractivity contribution in [2.75, 3.05) is 31.2 Å². The van der Waals surface area contributed by atoms with E-state index in [1.54, 1.807) is 23.1 Å². The molecule has 1 fully saturated rings. The van der Waals surface area contributed by atoms with E-state index in [0.29, 0.717) is 19.0 Å². The molecule has 0 N–H and O–H groups in total. The quantitative estimate of drug-likeness (QED) is 0.412. The molecule has 0 aliphatic carbocycles. The van der Waals surface area contributed by atoms with Gasteiger partial charge in [-0.2, -0.15) is 0 Å². The number of thioether (sulfide) groups is 1. The molecule has 0 bridgehead atoms. The largest absolute Gasteiger partial charge is 0.378 e. The van der Waals surface area contributed by atoms with Crippen LogP contribution in [0.15, 0.2) is 57.5 Å². The van der Waals surface area contributed by atoms with Crippen LogP contribution in [0, 0.1) is 6.92 Å². The van der Waals surface area contributed by atoms with Gasteiger partial charge in [0.1, 0.15) is 0 Å². The number of benzene rings is 1. The highest BCUT2D eigenvalue weighted by Crippen LogP contribution is 2.31. The predicted octanol–water partition coefficient (Wildman–Crippen LogP) is 4.42. The predicted molar refractivity (Wildman–Crippen MR) is 119 cm³/mol. The number of aromatic nitrogens is 4. The minimum atomic E-state index is 0.655. The zero-order chi connectivity index (χ0) is 20.3. The Labute approximate surface area is 182 Å². The lowest BCUT2D eigenvalue weighted by molar-refractivity contribution is 0.122. The van der Waals surface area contributed by atoms with E-state index in [1.165, 1.54) is 5.56 Å². The second-order valence-electron chi connectivity index (χ2n) is 7.00. The van der Waals surface area contributed by atoms with E-state index < -0.39 is 0 Å². The molecular weight excluding hydrogens is 418 g/mol. The molecule has 1 saturated heterocycles. The maximum atomic E-state index is 5.51. The molecule has 3 aromatic heterocycles. The van der Waals surface area contributed by atoms with Crippen molar-refractivity contribution in [2.24, 2.45) is 0 Å². The van der Waals surface area contributed by atoms with Gasteiger partial charge in [0.2, 0.25) is 5.95 Å². The third-order valence-electron chi connectivity index (χ3n) is 4.87. The molecule has 1 aliphatic heterocycles. The number of thiophene rings is 1. The highest BCUT2D eigenvalue weighted by atomic mass is 32.2. The Morgan fingerprint density at radius 2 is 1.93 bits per heavy atom. The Kier molecular flexibility index (Phi) is 5.56. The van der Waals surface area contributed by atoms with E-state index in [-0.39, 0.29) is 0 Å². The van der Waals surface area contributed by atoms with Crippen LogP contribution in [0.2, 0.25) is 0 Å². The molecule has 1 aliphatic rings. The highest BCUT2D eigenvalue weighted by Gasteiger charge is 2.22.